The third kappa shape index (κ3) is 4.60. The molecule has 1 rings (SSSR count). The van der Waals surface area contributed by atoms with Crippen molar-refractivity contribution in [1.82, 2.24) is 10.6 Å². The number of primary amides is 1. The molecule has 98 valence electrons. The van der Waals surface area contributed by atoms with Gasteiger partial charge in [-0.2, -0.15) is 0 Å². The third-order valence-electron chi connectivity index (χ3n) is 3.16. The fourth-order valence-corrected chi connectivity index (χ4v) is 2.09. The Hall–Kier alpha value is -1.30. The molecule has 0 aliphatic heterocycles. The molecule has 5 N–H and O–H groups in total. The zero-order chi connectivity index (χ0) is 12.8. The van der Waals surface area contributed by atoms with E-state index in [1.54, 1.807) is 6.92 Å². The molecule has 0 spiro atoms. The van der Waals surface area contributed by atoms with E-state index in [0.29, 0.717) is 6.54 Å². The maximum atomic E-state index is 11.6. The van der Waals surface area contributed by atoms with Crippen LogP contribution < -0.4 is 16.4 Å². The summed E-state index contributed by atoms with van der Waals surface area (Å²) in [5.74, 6) is -0.157. The number of aliphatic hydroxyl groups excluding tert-OH is 1. The molecule has 1 fully saturated rings. The number of nitrogens with two attached hydrogens (primary N) is 1. The smallest absolute Gasteiger partial charge is 0.312 e. The Kier molecular flexibility index (Phi) is 5.21. The summed E-state index contributed by atoms with van der Waals surface area (Å²) >= 11 is 0. The van der Waals surface area contributed by atoms with Gasteiger partial charge in [0.05, 0.1) is 6.10 Å². The average molecular weight is 243 g/mol. The molecule has 1 saturated carbocycles. The number of hydrogen-bond acceptors (Lipinski definition) is 3. The summed E-state index contributed by atoms with van der Waals surface area (Å²) in [4.78, 5) is 22.1. The Morgan fingerprint density at radius 2 is 2.06 bits per heavy atom. The van der Waals surface area contributed by atoms with Gasteiger partial charge in [0, 0.05) is 12.5 Å². The van der Waals surface area contributed by atoms with Crippen molar-refractivity contribution in [3.63, 3.8) is 0 Å². The molecule has 0 radical (unpaired) electrons. The second kappa shape index (κ2) is 6.44. The first-order chi connectivity index (χ1) is 8.00. The number of urea groups is 1. The van der Waals surface area contributed by atoms with E-state index in [9.17, 15) is 14.7 Å². The van der Waals surface area contributed by atoms with Crippen molar-refractivity contribution < 1.29 is 14.7 Å². The fraction of sp³-hybridized carbons (Fsp3) is 0.818. The number of carbonyl (C=O) groups excluding carboxylic acids is 2. The molecule has 3 amide bonds. The second-order valence-electron chi connectivity index (χ2n) is 4.59. The highest BCUT2D eigenvalue weighted by molar-refractivity contribution is 5.86. The lowest BCUT2D eigenvalue weighted by molar-refractivity contribution is -0.122. The van der Waals surface area contributed by atoms with Crippen LogP contribution in [0.15, 0.2) is 0 Å². The second-order valence-corrected chi connectivity index (χ2v) is 4.59. The Balaban J connectivity index is 2.29. The molecule has 0 saturated heterocycles. The first-order valence-electron chi connectivity index (χ1n) is 6.02. The lowest BCUT2D eigenvalue weighted by Gasteiger charge is -2.28. The first kappa shape index (κ1) is 13.8. The number of nitrogens with one attached hydrogen (secondary N) is 2. The van der Waals surface area contributed by atoms with Gasteiger partial charge in [0.2, 0.25) is 5.91 Å². The zero-order valence-corrected chi connectivity index (χ0v) is 10.1. The Labute approximate surface area is 101 Å². The van der Waals surface area contributed by atoms with Gasteiger partial charge in [-0.15, -0.1) is 0 Å². The summed E-state index contributed by atoms with van der Waals surface area (Å²) in [6.45, 7) is 2.02. The minimum absolute atomic E-state index is 0.119. The van der Waals surface area contributed by atoms with E-state index < -0.39 is 12.1 Å². The SMILES string of the molecule is CC(NC(N)=O)C(=O)NCC1CCCCC1O. The van der Waals surface area contributed by atoms with Gasteiger partial charge in [0.25, 0.3) is 0 Å². The van der Waals surface area contributed by atoms with Gasteiger partial charge in [-0.1, -0.05) is 12.8 Å². The Morgan fingerprint density at radius 3 is 2.65 bits per heavy atom. The topological polar surface area (TPSA) is 104 Å². The van der Waals surface area contributed by atoms with Crippen LogP contribution >= 0.6 is 0 Å². The zero-order valence-electron chi connectivity index (χ0n) is 10.1. The van der Waals surface area contributed by atoms with Crippen molar-refractivity contribution in [2.45, 2.75) is 44.8 Å². The molecule has 3 unspecified atom stereocenters. The lowest BCUT2D eigenvalue weighted by atomic mass is 9.86. The number of carbonyl (C=O) groups is 2. The number of aliphatic hydroxyl groups is 1. The van der Waals surface area contributed by atoms with E-state index in [0.717, 1.165) is 25.7 Å². The maximum absolute atomic E-state index is 11.6. The van der Waals surface area contributed by atoms with Crippen LogP contribution in [0.1, 0.15) is 32.6 Å². The van der Waals surface area contributed by atoms with Crippen LogP contribution in [-0.4, -0.2) is 35.7 Å². The highest BCUT2D eigenvalue weighted by Crippen LogP contribution is 2.23. The number of rotatable bonds is 4. The monoisotopic (exact) mass is 243 g/mol. The van der Waals surface area contributed by atoms with Crippen molar-refractivity contribution in [2.75, 3.05) is 6.54 Å². The predicted molar refractivity (Wildman–Crippen MR) is 63.2 cm³/mol. The molecule has 1 aliphatic carbocycles. The highest BCUT2D eigenvalue weighted by atomic mass is 16.3. The maximum Gasteiger partial charge on any atom is 0.312 e. The van der Waals surface area contributed by atoms with E-state index in [-0.39, 0.29) is 17.9 Å². The molecule has 1 aliphatic rings. The minimum atomic E-state index is -0.717. The Morgan fingerprint density at radius 1 is 1.41 bits per heavy atom. The van der Waals surface area contributed by atoms with Gasteiger partial charge < -0.3 is 21.5 Å². The van der Waals surface area contributed by atoms with Crippen LogP contribution in [0.4, 0.5) is 4.79 Å². The number of amides is 3. The molecule has 0 aromatic rings. The largest absolute Gasteiger partial charge is 0.393 e. The molecule has 0 bridgehead atoms. The van der Waals surface area contributed by atoms with E-state index in [1.165, 1.54) is 0 Å². The van der Waals surface area contributed by atoms with Crippen LogP contribution in [0.25, 0.3) is 0 Å². The van der Waals surface area contributed by atoms with Crippen LogP contribution in [0.2, 0.25) is 0 Å². The lowest BCUT2D eigenvalue weighted by Crippen LogP contribution is -2.48. The molecular weight excluding hydrogens is 222 g/mol. The van der Waals surface area contributed by atoms with E-state index >= 15 is 0 Å². The van der Waals surface area contributed by atoms with Gasteiger partial charge >= 0.3 is 6.03 Å². The first-order valence-corrected chi connectivity index (χ1v) is 6.02. The molecule has 0 heterocycles. The highest BCUT2D eigenvalue weighted by Gasteiger charge is 2.24. The van der Waals surface area contributed by atoms with Gasteiger partial charge in [-0.25, -0.2) is 4.79 Å². The van der Waals surface area contributed by atoms with Crippen molar-refractivity contribution in [2.24, 2.45) is 11.7 Å². The fourth-order valence-electron chi connectivity index (χ4n) is 2.09. The molecule has 6 nitrogen and oxygen atoms in total. The predicted octanol–water partition coefficient (Wildman–Crippen LogP) is -0.289. The molecule has 6 heteroatoms. The van der Waals surface area contributed by atoms with E-state index in [1.807, 2.05) is 0 Å². The van der Waals surface area contributed by atoms with Crippen molar-refractivity contribution in [3.05, 3.63) is 0 Å². The molecule has 17 heavy (non-hydrogen) atoms. The summed E-state index contributed by atoms with van der Waals surface area (Å²) in [5.41, 5.74) is 4.92. The van der Waals surface area contributed by atoms with Crippen LogP contribution in [0.3, 0.4) is 0 Å². The van der Waals surface area contributed by atoms with E-state index in [2.05, 4.69) is 10.6 Å². The van der Waals surface area contributed by atoms with Crippen molar-refractivity contribution >= 4 is 11.9 Å². The normalized spacial score (nSPS) is 26.0. The molecule has 3 atom stereocenters. The minimum Gasteiger partial charge on any atom is -0.393 e. The Bertz CT molecular complexity index is 283. The number of hydrogen-bond donors (Lipinski definition) is 4. The molecule has 0 aromatic carbocycles. The van der Waals surface area contributed by atoms with E-state index in [4.69, 9.17) is 5.73 Å². The average Bonchev–Trinajstić information content (AvgIpc) is 2.26. The van der Waals surface area contributed by atoms with Gasteiger partial charge in [0.15, 0.2) is 0 Å². The summed E-state index contributed by atoms with van der Waals surface area (Å²) in [5, 5.41) is 14.7. The summed E-state index contributed by atoms with van der Waals surface area (Å²) in [6.07, 6.45) is 3.54. The van der Waals surface area contributed by atoms with Gasteiger partial charge in [-0.3, -0.25) is 4.79 Å². The van der Waals surface area contributed by atoms with Crippen molar-refractivity contribution in [1.29, 1.82) is 0 Å². The standard InChI is InChI=1S/C11H21N3O3/c1-7(14-11(12)17)10(16)13-6-8-4-2-3-5-9(8)15/h7-9,15H,2-6H2,1H3,(H,13,16)(H3,12,14,17). The summed E-state index contributed by atoms with van der Waals surface area (Å²) in [7, 11) is 0. The quantitative estimate of drug-likeness (QED) is 0.545. The molecular formula is C11H21N3O3. The summed E-state index contributed by atoms with van der Waals surface area (Å²) < 4.78 is 0. The van der Waals surface area contributed by atoms with Crippen LogP contribution in [0, 0.1) is 5.92 Å². The molecule has 0 aromatic heterocycles. The van der Waals surface area contributed by atoms with Crippen LogP contribution in [0.5, 0.6) is 0 Å². The third-order valence-corrected chi connectivity index (χ3v) is 3.16. The van der Waals surface area contributed by atoms with Gasteiger partial charge in [-0.05, 0) is 19.8 Å². The van der Waals surface area contributed by atoms with Crippen LogP contribution in [-0.2, 0) is 4.79 Å². The summed E-state index contributed by atoms with van der Waals surface area (Å²) in [6, 6.07) is -1.36. The van der Waals surface area contributed by atoms with Crippen molar-refractivity contribution in [3.8, 4) is 0 Å². The van der Waals surface area contributed by atoms with Gasteiger partial charge in [0.1, 0.15) is 6.04 Å².